The molecule has 3 nitrogen and oxygen atoms in total. The summed E-state index contributed by atoms with van der Waals surface area (Å²) in [4.78, 5) is 3.15. The van der Waals surface area contributed by atoms with Gasteiger partial charge in [0.2, 0.25) is 0 Å². The molecule has 68 valence electrons. The standard InChI is InChI=1S/C10H13N3/c1-7(2)13-9-6-4-3-5-8(9)12-10(13)11/h3-7H,1-2H3,(H2,11,12)/p+1. The second-order valence-corrected chi connectivity index (χ2v) is 3.49. The van der Waals surface area contributed by atoms with Gasteiger partial charge in [0.15, 0.2) is 0 Å². The number of nitrogens with two attached hydrogens (primary N) is 1. The number of rotatable bonds is 1. The van der Waals surface area contributed by atoms with Crippen molar-refractivity contribution in [2.45, 2.75) is 19.9 Å². The van der Waals surface area contributed by atoms with Gasteiger partial charge in [0.05, 0.1) is 6.04 Å². The SMILES string of the molecule is CC(C)[n+]1c(N)[nH]c2ccccc21. The highest BCUT2D eigenvalue weighted by atomic mass is 15.2. The van der Waals surface area contributed by atoms with Crippen molar-refractivity contribution in [1.82, 2.24) is 4.98 Å². The Balaban J connectivity index is 2.78. The van der Waals surface area contributed by atoms with Crippen LogP contribution in [0.1, 0.15) is 19.9 Å². The Labute approximate surface area is 77.2 Å². The number of fused-ring (bicyclic) bond motifs is 1. The molecule has 1 heterocycles. The fourth-order valence-corrected chi connectivity index (χ4v) is 1.67. The number of hydrogen-bond acceptors (Lipinski definition) is 1. The predicted octanol–water partition coefficient (Wildman–Crippen LogP) is 1.62. The van der Waals surface area contributed by atoms with E-state index in [4.69, 9.17) is 5.73 Å². The highest BCUT2D eigenvalue weighted by Gasteiger charge is 2.15. The Hall–Kier alpha value is -1.51. The Morgan fingerprint density at radius 1 is 1.31 bits per heavy atom. The van der Waals surface area contributed by atoms with Gasteiger partial charge in [-0.25, -0.2) is 9.55 Å². The van der Waals surface area contributed by atoms with Gasteiger partial charge in [-0.3, -0.25) is 5.73 Å². The van der Waals surface area contributed by atoms with Crippen LogP contribution in [0.25, 0.3) is 11.0 Å². The lowest BCUT2D eigenvalue weighted by Gasteiger charge is -2.02. The molecule has 2 aromatic rings. The lowest BCUT2D eigenvalue weighted by Crippen LogP contribution is -2.37. The number of aromatic nitrogens is 2. The van der Waals surface area contributed by atoms with Gasteiger partial charge in [0, 0.05) is 0 Å². The van der Waals surface area contributed by atoms with Crippen molar-refractivity contribution in [1.29, 1.82) is 0 Å². The lowest BCUT2D eigenvalue weighted by atomic mass is 10.3. The minimum atomic E-state index is 0.385. The molecule has 0 saturated heterocycles. The van der Waals surface area contributed by atoms with Crippen molar-refractivity contribution < 1.29 is 4.57 Å². The summed E-state index contributed by atoms with van der Waals surface area (Å²) in [5.74, 6) is 0.719. The average molecular weight is 176 g/mol. The Bertz CT molecular complexity index is 429. The summed E-state index contributed by atoms with van der Waals surface area (Å²) in [7, 11) is 0. The minimum absolute atomic E-state index is 0.385. The summed E-state index contributed by atoms with van der Waals surface area (Å²) in [6.45, 7) is 4.24. The van der Waals surface area contributed by atoms with Crippen LogP contribution in [-0.2, 0) is 0 Å². The van der Waals surface area contributed by atoms with E-state index in [1.807, 2.05) is 18.2 Å². The summed E-state index contributed by atoms with van der Waals surface area (Å²) < 4.78 is 2.09. The van der Waals surface area contributed by atoms with Crippen LogP contribution in [0.5, 0.6) is 0 Å². The number of hydrogen-bond donors (Lipinski definition) is 2. The first-order valence-corrected chi connectivity index (χ1v) is 4.48. The van der Waals surface area contributed by atoms with E-state index in [0.717, 1.165) is 17.0 Å². The largest absolute Gasteiger partial charge is 0.353 e. The summed E-state index contributed by atoms with van der Waals surface area (Å²) in [6, 6.07) is 8.51. The van der Waals surface area contributed by atoms with Crippen LogP contribution >= 0.6 is 0 Å². The van der Waals surface area contributed by atoms with Crippen LogP contribution in [0, 0.1) is 0 Å². The van der Waals surface area contributed by atoms with E-state index in [9.17, 15) is 0 Å². The summed E-state index contributed by atoms with van der Waals surface area (Å²) in [6.07, 6.45) is 0. The number of para-hydroxylation sites is 2. The summed E-state index contributed by atoms with van der Waals surface area (Å²) >= 11 is 0. The van der Waals surface area contributed by atoms with Crippen molar-refractivity contribution in [3.05, 3.63) is 24.3 Å². The van der Waals surface area contributed by atoms with E-state index in [0.29, 0.717) is 6.04 Å². The average Bonchev–Trinajstić information content (AvgIpc) is 2.39. The third kappa shape index (κ3) is 1.16. The highest BCUT2D eigenvalue weighted by molar-refractivity contribution is 5.72. The third-order valence-electron chi connectivity index (χ3n) is 2.20. The molecule has 0 spiro atoms. The molecule has 0 saturated carbocycles. The van der Waals surface area contributed by atoms with Crippen molar-refractivity contribution in [3.8, 4) is 0 Å². The molecule has 0 aliphatic carbocycles. The smallest absolute Gasteiger partial charge is 0.290 e. The molecular formula is C10H14N3+. The van der Waals surface area contributed by atoms with Crippen molar-refractivity contribution >= 4 is 17.0 Å². The zero-order valence-corrected chi connectivity index (χ0v) is 7.91. The van der Waals surface area contributed by atoms with Gasteiger partial charge in [-0.1, -0.05) is 12.1 Å². The predicted molar refractivity (Wildman–Crippen MR) is 53.3 cm³/mol. The first-order valence-electron chi connectivity index (χ1n) is 4.48. The fourth-order valence-electron chi connectivity index (χ4n) is 1.67. The van der Waals surface area contributed by atoms with Gasteiger partial charge < -0.3 is 0 Å². The molecule has 0 radical (unpaired) electrons. The quantitative estimate of drug-likeness (QED) is 0.637. The summed E-state index contributed by atoms with van der Waals surface area (Å²) in [5.41, 5.74) is 8.12. The lowest BCUT2D eigenvalue weighted by molar-refractivity contribution is -0.677. The second-order valence-electron chi connectivity index (χ2n) is 3.49. The van der Waals surface area contributed by atoms with Gasteiger partial charge in [0.25, 0.3) is 0 Å². The van der Waals surface area contributed by atoms with E-state index in [1.54, 1.807) is 0 Å². The molecule has 0 aliphatic heterocycles. The maximum Gasteiger partial charge on any atom is 0.353 e. The molecule has 0 bridgehead atoms. The Morgan fingerprint density at radius 2 is 2.00 bits per heavy atom. The van der Waals surface area contributed by atoms with Crippen LogP contribution in [0.15, 0.2) is 24.3 Å². The molecule has 1 aromatic heterocycles. The molecule has 0 aliphatic rings. The van der Waals surface area contributed by atoms with Crippen molar-refractivity contribution in [2.75, 3.05) is 5.73 Å². The number of H-pyrrole nitrogens is 1. The number of anilines is 1. The van der Waals surface area contributed by atoms with Crippen LogP contribution < -0.4 is 10.3 Å². The van der Waals surface area contributed by atoms with Crippen LogP contribution in [0.3, 0.4) is 0 Å². The molecule has 0 fully saturated rings. The van der Waals surface area contributed by atoms with E-state index >= 15 is 0 Å². The molecule has 0 atom stereocenters. The molecular weight excluding hydrogens is 162 g/mol. The minimum Gasteiger partial charge on any atom is -0.290 e. The first-order chi connectivity index (χ1) is 6.20. The highest BCUT2D eigenvalue weighted by Crippen LogP contribution is 2.12. The molecule has 0 amide bonds. The van der Waals surface area contributed by atoms with E-state index in [1.165, 1.54) is 0 Å². The van der Waals surface area contributed by atoms with E-state index < -0.39 is 0 Å². The monoisotopic (exact) mass is 176 g/mol. The zero-order chi connectivity index (χ0) is 9.42. The number of benzene rings is 1. The summed E-state index contributed by atoms with van der Waals surface area (Å²) in [5, 5.41) is 0. The Morgan fingerprint density at radius 3 is 2.69 bits per heavy atom. The van der Waals surface area contributed by atoms with E-state index in [-0.39, 0.29) is 0 Å². The number of nitrogens with zero attached hydrogens (tertiary/aromatic N) is 1. The third-order valence-corrected chi connectivity index (χ3v) is 2.20. The van der Waals surface area contributed by atoms with E-state index in [2.05, 4.69) is 29.5 Å². The number of nitrogens with one attached hydrogen (secondary N) is 1. The Kier molecular flexibility index (Phi) is 1.72. The fraction of sp³-hybridized carbons (Fsp3) is 0.300. The molecule has 1 aromatic carbocycles. The number of nitrogen functional groups attached to an aromatic ring is 1. The van der Waals surface area contributed by atoms with Crippen molar-refractivity contribution in [2.24, 2.45) is 0 Å². The molecule has 0 unspecified atom stereocenters. The van der Waals surface area contributed by atoms with Gasteiger partial charge in [-0.05, 0) is 26.0 Å². The molecule has 3 heteroatoms. The van der Waals surface area contributed by atoms with Crippen molar-refractivity contribution in [3.63, 3.8) is 0 Å². The van der Waals surface area contributed by atoms with Gasteiger partial charge in [-0.2, -0.15) is 0 Å². The maximum absolute atomic E-state index is 5.86. The van der Waals surface area contributed by atoms with Crippen LogP contribution in [0.4, 0.5) is 5.95 Å². The van der Waals surface area contributed by atoms with Gasteiger partial charge >= 0.3 is 5.95 Å². The zero-order valence-electron chi connectivity index (χ0n) is 7.91. The normalized spacial score (nSPS) is 11.3. The molecule has 13 heavy (non-hydrogen) atoms. The topological polar surface area (TPSA) is 45.7 Å². The van der Waals surface area contributed by atoms with Gasteiger partial charge in [-0.15, -0.1) is 0 Å². The van der Waals surface area contributed by atoms with Gasteiger partial charge in [0.1, 0.15) is 11.0 Å². The second kappa shape index (κ2) is 2.76. The molecule has 3 N–H and O–H groups in total. The number of aromatic amines is 1. The van der Waals surface area contributed by atoms with Crippen LogP contribution in [-0.4, -0.2) is 4.98 Å². The first kappa shape index (κ1) is 8.10. The number of imidazole rings is 1. The van der Waals surface area contributed by atoms with Crippen LogP contribution in [0.2, 0.25) is 0 Å². The maximum atomic E-state index is 5.86. The molecule has 2 rings (SSSR count).